The van der Waals surface area contributed by atoms with Gasteiger partial charge in [0.05, 0.1) is 12.7 Å². The van der Waals surface area contributed by atoms with Gasteiger partial charge in [-0.3, -0.25) is 0 Å². The smallest absolute Gasteiger partial charge is 0.0697 e. The fourth-order valence-electron chi connectivity index (χ4n) is 1.54. The summed E-state index contributed by atoms with van der Waals surface area (Å²) in [6.45, 7) is 7.36. The van der Waals surface area contributed by atoms with Gasteiger partial charge in [-0.1, -0.05) is 11.6 Å². The molecule has 2 nitrogen and oxygen atoms in total. The molecule has 1 rings (SSSR count). The molecular weight excluding hydrogens is 178 g/mol. The summed E-state index contributed by atoms with van der Waals surface area (Å²) in [5, 5.41) is 3.36. The molecule has 0 aromatic rings. The number of hydrogen-bond donors (Lipinski definition) is 1. The third-order valence-corrected chi connectivity index (χ3v) is 4.21. The van der Waals surface area contributed by atoms with Gasteiger partial charge in [-0.25, -0.2) is 0 Å². The van der Waals surface area contributed by atoms with E-state index < -0.39 is 0 Å². The van der Waals surface area contributed by atoms with Crippen molar-refractivity contribution in [3.8, 4) is 0 Å². The highest BCUT2D eigenvalue weighted by molar-refractivity contribution is 6.42. The molecule has 1 aliphatic rings. The zero-order valence-corrected chi connectivity index (χ0v) is 10.2. The normalized spacial score (nSPS) is 23.7. The van der Waals surface area contributed by atoms with E-state index in [-0.39, 0.29) is 9.52 Å². The van der Waals surface area contributed by atoms with E-state index in [2.05, 4.69) is 24.9 Å². The first-order chi connectivity index (χ1) is 6.29. The van der Waals surface area contributed by atoms with Crippen LogP contribution in [0.15, 0.2) is 11.3 Å². The molecule has 13 heavy (non-hydrogen) atoms. The van der Waals surface area contributed by atoms with Crippen LogP contribution < -0.4 is 5.32 Å². The summed E-state index contributed by atoms with van der Waals surface area (Å²) in [6, 6.07) is 1.39. The Morgan fingerprint density at radius 1 is 1.62 bits per heavy atom. The van der Waals surface area contributed by atoms with E-state index in [9.17, 15) is 0 Å². The number of rotatable bonds is 4. The zero-order chi connectivity index (χ0) is 9.52. The van der Waals surface area contributed by atoms with E-state index in [1.807, 2.05) is 0 Å². The predicted molar refractivity (Wildman–Crippen MR) is 60.0 cm³/mol. The van der Waals surface area contributed by atoms with Gasteiger partial charge in [-0.05, 0) is 20.3 Å². The maximum atomic E-state index is 5.62. The lowest BCUT2D eigenvalue weighted by Gasteiger charge is -2.23. The van der Waals surface area contributed by atoms with Crippen LogP contribution in [-0.4, -0.2) is 35.3 Å². The summed E-state index contributed by atoms with van der Waals surface area (Å²) in [5.74, 6) is 0. The van der Waals surface area contributed by atoms with Crippen LogP contribution in [0.25, 0.3) is 0 Å². The van der Waals surface area contributed by atoms with Gasteiger partial charge >= 0.3 is 0 Å². The molecule has 1 saturated heterocycles. The minimum Gasteiger partial charge on any atom is -0.376 e. The van der Waals surface area contributed by atoms with Crippen LogP contribution in [0.1, 0.15) is 20.3 Å². The average molecular weight is 199 g/mol. The summed E-state index contributed by atoms with van der Waals surface area (Å²) in [7, 11) is 0.0490. The third-order valence-electron chi connectivity index (χ3n) is 2.29. The van der Waals surface area contributed by atoms with Crippen LogP contribution in [0, 0.1) is 0 Å². The van der Waals surface area contributed by atoms with Crippen molar-refractivity contribution in [2.75, 3.05) is 19.7 Å². The standard InChI is InChI=1S/C10H21NOSi/c1-9(2)8-13-6-3-10-7-11-4-5-12-10/h8,10-11H,3-7,13H2,1-2H3. The number of ether oxygens (including phenoxy) is 1. The van der Waals surface area contributed by atoms with E-state index in [1.54, 1.807) is 0 Å². The lowest BCUT2D eigenvalue weighted by Crippen LogP contribution is -2.38. The molecule has 0 spiro atoms. The van der Waals surface area contributed by atoms with Crippen molar-refractivity contribution >= 4 is 9.52 Å². The Bertz CT molecular complexity index is 160. The van der Waals surface area contributed by atoms with Gasteiger partial charge < -0.3 is 10.1 Å². The summed E-state index contributed by atoms with van der Waals surface area (Å²) >= 11 is 0. The maximum absolute atomic E-state index is 5.62. The van der Waals surface area contributed by atoms with Crippen molar-refractivity contribution in [3.63, 3.8) is 0 Å². The van der Waals surface area contributed by atoms with E-state index in [4.69, 9.17) is 4.74 Å². The molecule has 1 fully saturated rings. The molecule has 0 aliphatic carbocycles. The Balaban J connectivity index is 2.01. The van der Waals surface area contributed by atoms with Crippen LogP contribution in [0.3, 0.4) is 0 Å². The first-order valence-electron chi connectivity index (χ1n) is 5.24. The second-order valence-electron chi connectivity index (χ2n) is 3.91. The summed E-state index contributed by atoms with van der Waals surface area (Å²) < 4.78 is 5.62. The number of morpholine rings is 1. The molecule has 0 radical (unpaired) electrons. The van der Waals surface area contributed by atoms with Crippen LogP contribution in [0.5, 0.6) is 0 Å². The Morgan fingerprint density at radius 3 is 3.08 bits per heavy atom. The highest BCUT2D eigenvalue weighted by Gasteiger charge is 2.11. The van der Waals surface area contributed by atoms with E-state index in [0.29, 0.717) is 6.10 Å². The van der Waals surface area contributed by atoms with Gasteiger partial charge in [-0.15, -0.1) is 5.70 Å². The Kier molecular flexibility index (Phi) is 5.35. The Hall–Kier alpha value is -0.123. The number of allylic oxidation sites excluding steroid dienone is 1. The molecule has 0 aromatic heterocycles. The van der Waals surface area contributed by atoms with Crippen LogP contribution in [0.4, 0.5) is 0 Å². The van der Waals surface area contributed by atoms with Gasteiger partial charge in [0.25, 0.3) is 0 Å². The van der Waals surface area contributed by atoms with Crippen LogP contribution >= 0.6 is 0 Å². The minimum absolute atomic E-state index is 0.0490. The molecule has 76 valence electrons. The zero-order valence-electron chi connectivity index (χ0n) is 8.81. The highest BCUT2D eigenvalue weighted by atomic mass is 28.2. The number of nitrogens with one attached hydrogen (secondary N) is 1. The molecule has 1 unspecified atom stereocenters. The van der Waals surface area contributed by atoms with Crippen LogP contribution in [-0.2, 0) is 4.74 Å². The molecule has 0 aromatic carbocycles. The summed E-state index contributed by atoms with van der Waals surface area (Å²) in [4.78, 5) is 0. The van der Waals surface area contributed by atoms with E-state index in [1.165, 1.54) is 18.0 Å². The maximum Gasteiger partial charge on any atom is 0.0697 e. The molecule has 3 heteroatoms. The molecule has 1 N–H and O–H groups in total. The SMILES string of the molecule is CC(C)=C[SiH2]CCC1CNCCO1. The number of hydrogen-bond acceptors (Lipinski definition) is 2. The molecule has 0 amide bonds. The lowest BCUT2D eigenvalue weighted by atomic mass is 10.2. The van der Waals surface area contributed by atoms with Crippen molar-refractivity contribution < 1.29 is 4.74 Å². The first-order valence-corrected chi connectivity index (χ1v) is 7.06. The topological polar surface area (TPSA) is 21.3 Å². The third kappa shape index (κ3) is 5.24. The fraction of sp³-hybridized carbons (Fsp3) is 0.800. The summed E-state index contributed by atoms with van der Waals surface area (Å²) in [5.41, 5.74) is 3.92. The molecule has 0 bridgehead atoms. The molecular formula is C10H21NOSi. The average Bonchev–Trinajstić information content (AvgIpc) is 2.14. The van der Waals surface area contributed by atoms with Crippen molar-refractivity contribution in [1.29, 1.82) is 0 Å². The van der Waals surface area contributed by atoms with Gasteiger partial charge in [0.2, 0.25) is 0 Å². The van der Waals surface area contributed by atoms with Crippen molar-refractivity contribution in [3.05, 3.63) is 11.3 Å². The van der Waals surface area contributed by atoms with E-state index in [0.717, 1.165) is 19.7 Å². The van der Waals surface area contributed by atoms with Gasteiger partial charge in [0, 0.05) is 22.6 Å². The summed E-state index contributed by atoms with van der Waals surface area (Å²) in [6.07, 6.45) is 1.75. The van der Waals surface area contributed by atoms with Gasteiger partial charge in [-0.2, -0.15) is 0 Å². The lowest BCUT2D eigenvalue weighted by molar-refractivity contribution is 0.0267. The molecule has 1 heterocycles. The Morgan fingerprint density at radius 2 is 2.46 bits per heavy atom. The second-order valence-corrected chi connectivity index (χ2v) is 5.60. The van der Waals surface area contributed by atoms with Crippen molar-refractivity contribution in [2.45, 2.75) is 32.4 Å². The largest absolute Gasteiger partial charge is 0.376 e. The van der Waals surface area contributed by atoms with Gasteiger partial charge in [0.15, 0.2) is 0 Å². The van der Waals surface area contributed by atoms with Crippen LogP contribution in [0.2, 0.25) is 6.04 Å². The monoisotopic (exact) mass is 199 g/mol. The predicted octanol–water partition coefficient (Wildman–Crippen LogP) is 0.876. The first kappa shape index (κ1) is 11.0. The second kappa shape index (κ2) is 6.35. The molecule has 1 aliphatic heterocycles. The van der Waals surface area contributed by atoms with Crippen molar-refractivity contribution in [2.24, 2.45) is 0 Å². The van der Waals surface area contributed by atoms with E-state index >= 15 is 0 Å². The fourth-order valence-corrected chi connectivity index (χ4v) is 3.01. The molecule has 1 atom stereocenters. The quantitative estimate of drug-likeness (QED) is 0.536. The van der Waals surface area contributed by atoms with Gasteiger partial charge in [0.1, 0.15) is 0 Å². The minimum atomic E-state index is 0.0490. The molecule has 0 saturated carbocycles. The highest BCUT2D eigenvalue weighted by Crippen LogP contribution is 2.05. The Labute approximate surface area is 83.6 Å². The van der Waals surface area contributed by atoms with Crippen molar-refractivity contribution in [1.82, 2.24) is 5.32 Å².